The van der Waals surface area contributed by atoms with Gasteiger partial charge >= 0.3 is 11.9 Å². The van der Waals surface area contributed by atoms with Gasteiger partial charge in [-0.15, -0.1) is 11.8 Å². The molecule has 1 fully saturated rings. The number of methoxy groups -OCH3 is 1. The number of β-lactam (4-membered cyclic amide) rings is 1. The Morgan fingerprint density at radius 2 is 1.90 bits per heavy atom. The number of benzene rings is 1. The molecule has 0 N–H and O–H groups in total. The Bertz CT molecular complexity index is 935. The van der Waals surface area contributed by atoms with Crippen LogP contribution in [0.3, 0.4) is 0 Å². The Kier molecular flexibility index (Phi) is 6.74. The van der Waals surface area contributed by atoms with Gasteiger partial charge in [-0.25, -0.2) is 9.79 Å². The molecule has 0 spiro atoms. The zero-order chi connectivity index (χ0) is 22.8. The van der Waals surface area contributed by atoms with Crippen molar-refractivity contribution < 1.29 is 28.6 Å². The van der Waals surface area contributed by atoms with Crippen LogP contribution in [0.1, 0.15) is 33.3 Å². The molecule has 0 bridgehead atoms. The average molecular weight is 447 g/mol. The fourth-order valence-corrected chi connectivity index (χ4v) is 4.53. The van der Waals surface area contributed by atoms with Crippen molar-refractivity contribution in [3.8, 4) is 0 Å². The summed E-state index contributed by atoms with van der Waals surface area (Å²) in [4.78, 5) is 43.2. The smallest absolute Gasteiger partial charge is 0.355 e. The molecule has 0 aromatic heterocycles. The quantitative estimate of drug-likeness (QED) is 0.297. The first-order valence-corrected chi connectivity index (χ1v) is 10.9. The summed E-state index contributed by atoms with van der Waals surface area (Å²) in [5, 5.41) is -0.370. The number of amides is 1. The van der Waals surface area contributed by atoms with E-state index >= 15 is 0 Å². The van der Waals surface area contributed by atoms with Crippen LogP contribution in [0.2, 0.25) is 0 Å². The van der Waals surface area contributed by atoms with E-state index in [0.717, 1.165) is 5.56 Å². The van der Waals surface area contributed by atoms with Crippen LogP contribution in [-0.2, 0) is 28.6 Å². The van der Waals surface area contributed by atoms with Crippen LogP contribution in [0.15, 0.2) is 46.6 Å². The molecule has 1 saturated heterocycles. The number of carbonyl (C=O) groups is 3. The van der Waals surface area contributed by atoms with Gasteiger partial charge in [-0.05, 0) is 32.9 Å². The maximum atomic E-state index is 13.0. The molecule has 2 aliphatic rings. The van der Waals surface area contributed by atoms with Crippen LogP contribution in [-0.4, -0.2) is 65.1 Å². The third-order valence-corrected chi connectivity index (χ3v) is 5.86. The molecule has 1 aromatic rings. The lowest BCUT2D eigenvalue weighted by Crippen LogP contribution is -2.64. The number of rotatable bonds is 5. The summed E-state index contributed by atoms with van der Waals surface area (Å²) in [5.74, 6) is -0.647. The Hall–Kier alpha value is -2.81. The second-order valence-electron chi connectivity index (χ2n) is 8.09. The Balaban J connectivity index is 1.90. The third-order valence-electron chi connectivity index (χ3n) is 4.53. The standard InChI is InChI=1S/C22H26N2O6S/c1-13(25)29-11-15-12-31-20-16(23-18(28-5)14-9-7-6-8-10-14)19(26)24(20)17(15)21(27)30-22(2,3)4/h6-10,16,20H,11-12H2,1-5H3/t16-,20-/m1/s1. The first-order valence-electron chi connectivity index (χ1n) is 9.83. The molecule has 0 radical (unpaired) electrons. The number of aliphatic imine (C=N–C) groups is 1. The van der Waals surface area contributed by atoms with Crippen molar-refractivity contribution in [2.75, 3.05) is 19.5 Å². The maximum absolute atomic E-state index is 13.0. The van der Waals surface area contributed by atoms with Gasteiger partial charge in [0.2, 0.25) is 5.90 Å². The molecule has 1 aromatic carbocycles. The SMILES string of the molecule is COC(=N[C@@H]1C(=O)N2C(C(=O)OC(C)(C)C)=C(COC(C)=O)CS[C@H]12)c1ccccc1. The molecule has 166 valence electrons. The number of ether oxygens (including phenoxy) is 3. The van der Waals surface area contributed by atoms with Crippen LogP contribution in [0, 0.1) is 0 Å². The minimum absolute atomic E-state index is 0.0747. The zero-order valence-corrected chi connectivity index (χ0v) is 19.0. The number of hydrogen-bond acceptors (Lipinski definition) is 8. The lowest BCUT2D eigenvalue weighted by molar-refractivity contribution is -0.158. The van der Waals surface area contributed by atoms with Gasteiger partial charge in [0, 0.05) is 23.8 Å². The number of esters is 2. The van der Waals surface area contributed by atoms with Gasteiger partial charge in [0.25, 0.3) is 5.91 Å². The van der Waals surface area contributed by atoms with Crippen molar-refractivity contribution in [2.45, 2.75) is 44.7 Å². The maximum Gasteiger partial charge on any atom is 0.355 e. The number of nitrogens with zero attached hydrogens (tertiary/aromatic N) is 2. The summed E-state index contributed by atoms with van der Waals surface area (Å²) in [6.07, 6.45) is 0. The van der Waals surface area contributed by atoms with E-state index in [0.29, 0.717) is 17.2 Å². The van der Waals surface area contributed by atoms with E-state index in [4.69, 9.17) is 14.2 Å². The lowest BCUT2D eigenvalue weighted by atomic mass is 10.0. The Morgan fingerprint density at radius 1 is 1.23 bits per heavy atom. The molecule has 0 aliphatic carbocycles. The molecule has 31 heavy (non-hydrogen) atoms. The van der Waals surface area contributed by atoms with E-state index < -0.39 is 23.6 Å². The summed E-state index contributed by atoms with van der Waals surface area (Å²) in [6.45, 7) is 6.47. The van der Waals surface area contributed by atoms with Gasteiger partial charge in [-0.3, -0.25) is 14.5 Å². The molecule has 0 unspecified atom stereocenters. The topological polar surface area (TPSA) is 94.5 Å². The van der Waals surface area contributed by atoms with Crippen molar-refractivity contribution in [3.63, 3.8) is 0 Å². The molecule has 0 saturated carbocycles. The monoisotopic (exact) mass is 446 g/mol. The van der Waals surface area contributed by atoms with Crippen LogP contribution >= 0.6 is 11.8 Å². The van der Waals surface area contributed by atoms with Gasteiger partial charge in [0.05, 0.1) is 7.11 Å². The zero-order valence-electron chi connectivity index (χ0n) is 18.2. The minimum Gasteiger partial charge on any atom is -0.481 e. The van der Waals surface area contributed by atoms with E-state index in [1.165, 1.54) is 30.7 Å². The third kappa shape index (κ3) is 5.10. The highest BCUT2D eigenvalue weighted by Gasteiger charge is 2.54. The summed E-state index contributed by atoms with van der Waals surface area (Å²) in [7, 11) is 1.50. The second kappa shape index (κ2) is 9.13. The number of fused-ring (bicyclic) bond motifs is 1. The molecule has 1 amide bonds. The highest BCUT2D eigenvalue weighted by Crippen LogP contribution is 2.42. The molecule has 2 heterocycles. The first kappa shape index (κ1) is 22.9. The Labute approximate surface area is 185 Å². The Morgan fingerprint density at radius 3 is 2.48 bits per heavy atom. The molecule has 9 heteroatoms. The minimum atomic E-state index is -0.737. The van der Waals surface area contributed by atoms with Gasteiger partial charge in [-0.1, -0.05) is 18.2 Å². The molecule has 8 nitrogen and oxygen atoms in total. The van der Waals surface area contributed by atoms with Crippen molar-refractivity contribution >= 4 is 35.5 Å². The van der Waals surface area contributed by atoms with Crippen LogP contribution in [0.5, 0.6) is 0 Å². The normalized spacial score (nSPS) is 21.3. The number of thioether (sulfide) groups is 1. The highest BCUT2D eigenvalue weighted by molar-refractivity contribution is 8.00. The fourth-order valence-electron chi connectivity index (χ4n) is 3.22. The number of carbonyl (C=O) groups excluding carboxylic acids is 3. The van der Waals surface area contributed by atoms with Crippen LogP contribution in [0.4, 0.5) is 0 Å². The number of hydrogen-bond donors (Lipinski definition) is 0. The van der Waals surface area contributed by atoms with E-state index in [2.05, 4.69) is 4.99 Å². The molecule has 3 rings (SSSR count). The summed E-state index contributed by atoms with van der Waals surface area (Å²) >= 11 is 1.46. The fraction of sp³-hybridized carbons (Fsp3) is 0.455. The van der Waals surface area contributed by atoms with Crippen LogP contribution in [0.25, 0.3) is 0 Å². The van der Waals surface area contributed by atoms with Gasteiger partial charge in [0.1, 0.15) is 23.3 Å². The average Bonchev–Trinajstić information content (AvgIpc) is 2.71. The van der Waals surface area contributed by atoms with Gasteiger partial charge in [-0.2, -0.15) is 0 Å². The van der Waals surface area contributed by atoms with Crippen molar-refractivity contribution in [1.29, 1.82) is 0 Å². The first-order chi connectivity index (χ1) is 14.6. The van der Waals surface area contributed by atoms with E-state index in [1.54, 1.807) is 20.8 Å². The summed E-state index contributed by atoms with van der Waals surface area (Å²) < 4.78 is 16.0. The largest absolute Gasteiger partial charge is 0.481 e. The summed E-state index contributed by atoms with van der Waals surface area (Å²) in [6, 6.07) is 8.61. The van der Waals surface area contributed by atoms with Crippen LogP contribution < -0.4 is 0 Å². The summed E-state index contributed by atoms with van der Waals surface area (Å²) in [5.41, 5.74) is 0.695. The molecular formula is C22H26N2O6S. The van der Waals surface area contributed by atoms with E-state index in [-0.39, 0.29) is 23.6 Å². The lowest BCUT2D eigenvalue weighted by Gasteiger charge is -2.48. The molecular weight excluding hydrogens is 420 g/mol. The predicted octanol–water partition coefficient (Wildman–Crippen LogP) is 2.52. The second-order valence-corrected chi connectivity index (χ2v) is 9.20. The van der Waals surface area contributed by atoms with Crippen molar-refractivity contribution in [1.82, 2.24) is 4.90 Å². The van der Waals surface area contributed by atoms with Crippen molar-refractivity contribution in [3.05, 3.63) is 47.2 Å². The predicted molar refractivity (Wildman–Crippen MR) is 116 cm³/mol. The molecule has 2 atom stereocenters. The van der Waals surface area contributed by atoms with E-state index in [9.17, 15) is 14.4 Å². The van der Waals surface area contributed by atoms with E-state index in [1.807, 2.05) is 30.3 Å². The van der Waals surface area contributed by atoms with Gasteiger partial charge in [0.15, 0.2) is 6.04 Å². The molecule has 2 aliphatic heterocycles. The highest BCUT2D eigenvalue weighted by atomic mass is 32.2. The van der Waals surface area contributed by atoms with Crippen molar-refractivity contribution in [2.24, 2.45) is 4.99 Å². The van der Waals surface area contributed by atoms with Gasteiger partial charge < -0.3 is 14.2 Å².